The smallest absolute Gasteiger partial charge is 0.291 e. The monoisotopic (exact) mass is 399 g/mol. The van der Waals surface area contributed by atoms with Crippen molar-refractivity contribution in [3.63, 3.8) is 0 Å². The number of furan rings is 1. The molecule has 1 aliphatic rings. The Balaban J connectivity index is 0.00000243. The average molecular weight is 400 g/mol. The van der Waals surface area contributed by atoms with E-state index in [-0.39, 0.29) is 30.2 Å². The Hall–Kier alpha value is -2.06. The minimum absolute atomic E-state index is 0. The molecule has 140 valence electrons. The van der Waals surface area contributed by atoms with Gasteiger partial charge in [-0.25, -0.2) is 0 Å². The van der Waals surface area contributed by atoms with Crippen LogP contribution in [0.4, 0.5) is 11.4 Å². The van der Waals surface area contributed by atoms with Gasteiger partial charge in [-0.3, -0.25) is 9.59 Å². The van der Waals surface area contributed by atoms with Crippen molar-refractivity contribution >= 4 is 47.2 Å². The highest BCUT2D eigenvalue weighted by Crippen LogP contribution is 2.28. The van der Waals surface area contributed by atoms with E-state index in [1.165, 1.54) is 12.3 Å². The first-order chi connectivity index (χ1) is 12.1. The third-order valence-corrected chi connectivity index (χ3v) is 4.13. The molecule has 4 N–H and O–H groups in total. The molecule has 0 saturated carbocycles. The summed E-state index contributed by atoms with van der Waals surface area (Å²) < 4.78 is 10.6. The second-order valence-corrected chi connectivity index (χ2v) is 6.11. The second kappa shape index (κ2) is 9.05. The lowest BCUT2D eigenvalue weighted by atomic mass is 10.2. The van der Waals surface area contributed by atoms with E-state index in [9.17, 15) is 9.59 Å². The van der Waals surface area contributed by atoms with Gasteiger partial charge in [0.05, 0.1) is 23.7 Å². The molecule has 3 rings (SSSR count). The van der Waals surface area contributed by atoms with E-state index in [0.29, 0.717) is 29.4 Å². The molecule has 1 aromatic heterocycles. The Bertz CT molecular complexity index is 767. The molecule has 1 aromatic carbocycles. The molecule has 7 nitrogen and oxygen atoms in total. The highest BCUT2D eigenvalue weighted by atomic mass is 35.5. The van der Waals surface area contributed by atoms with Crippen LogP contribution in [0.15, 0.2) is 41.0 Å². The molecule has 2 heterocycles. The van der Waals surface area contributed by atoms with Crippen LogP contribution in [0.5, 0.6) is 0 Å². The quantitative estimate of drug-likeness (QED) is 0.715. The maximum Gasteiger partial charge on any atom is 0.291 e. The molecule has 1 aliphatic heterocycles. The van der Waals surface area contributed by atoms with Gasteiger partial charge in [0.2, 0.25) is 0 Å². The number of anilines is 2. The fourth-order valence-electron chi connectivity index (χ4n) is 2.61. The summed E-state index contributed by atoms with van der Waals surface area (Å²) >= 11 is 6.00. The van der Waals surface area contributed by atoms with E-state index in [1.807, 2.05) is 0 Å². The van der Waals surface area contributed by atoms with Gasteiger partial charge in [0.15, 0.2) is 5.76 Å². The van der Waals surface area contributed by atoms with Crippen LogP contribution in [0.1, 0.15) is 23.4 Å². The highest BCUT2D eigenvalue weighted by Gasteiger charge is 2.30. The number of carbonyl (C=O) groups excluding carboxylic acids is 2. The summed E-state index contributed by atoms with van der Waals surface area (Å²) in [4.78, 5) is 24.6. The van der Waals surface area contributed by atoms with Gasteiger partial charge in [-0.1, -0.05) is 11.6 Å². The van der Waals surface area contributed by atoms with Crippen molar-refractivity contribution in [3.8, 4) is 0 Å². The molecule has 9 heteroatoms. The Labute approximate surface area is 161 Å². The van der Waals surface area contributed by atoms with Gasteiger partial charge in [-0.15, -0.1) is 12.4 Å². The van der Waals surface area contributed by atoms with Crippen LogP contribution >= 0.6 is 24.0 Å². The normalized spacial score (nSPS) is 18.8. The largest absolute Gasteiger partial charge is 0.459 e. The van der Waals surface area contributed by atoms with E-state index in [2.05, 4.69) is 10.6 Å². The van der Waals surface area contributed by atoms with Crippen molar-refractivity contribution < 1.29 is 18.7 Å². The molecule has 0 bridgehead atoms. The minimum Gasteiger partial charge on any atom is -0.459 e. The number of benzene rings is 1. The molecular formula is C17H19Cl2N3O4. The van der Waals surface area contributed by atoms with Crippen LogP contribution in [-0.4, -0.2) is 30.6 Å². The molecule has 1 saturated heterocycles. The predicted molar refractivity (Wildman–Crippen MR) is 101 cm³/mol. The zero-order chi connectivity index (χ0) is 17.8. The summed E-state index contributed by atoms with van der Waals surface area (Å²) in [5.74, 6) is -0.572. The van der Waals surface area contributed by atoms with Crippen LogP contribution in [0.3, 0.4) is 0 Å². The van der Waals surface area contributed by atoms with Gasteiger partial charge < -0.3 is 25.5 Å². The van der Waals surface area contributed by atoms with Crippen LogP contribution in [-0.2, 0) is 9.53 Å². The lowest BCUT2D eigenvalue weighted by Gasteiger charge is -2.15. The van der Waals surface area contributed by atoms with E-state index < -0.39 is 12.0 Å². The molecular weight excluding hydrogens is 381 g/mol. The molecule has 0 radical (unpaired) electrons. The van der Waals surface area contributed by atoms with Crippen LogP contribution in [0, 0.1) is 0 Å². The van der Waals surface area contributed by atoms with Crippen LogP contribution in [0.2, 0.25) is 5.02 Å². The fraction of sp³-hybridized carbons (Fsp3) is 0.294. The fourth-order valence-corrected chi connectivity index (χ4v) is 2.78. The van der Waals surface area contributed by atoms with Crippen molar-refractivity contribution in [2.24, 2.45) is 5.73 Å². The van der Waals surface area contributed by atoms with Gasteiger partial charge >= 0.3 is 0 Å². The molecule has 26 heavy (non-hydrogen) atoms. The topological polar surface area (TPSA) is 107 Å². The third-order valence-electron chi connectivity index (χ3n) is 3.90. The summed E-state index contributed by atoms with van der Waals surface area (Å²) in [6.45, 7) is 0.384. The van der Waals surface area contributed by atoms with E-state index in [4.69, 9.17) is 26.5 Å². The lowest BCUT2D eigenvalue weighted by Crippen LogP contribution is -2.30. The van der Waals surface area contributed by atoms with E-state index >= 15 is 0 Å². The molecule has 2 atom stereocenters. The lowest BCUT2D eigenvalue weighted by molar-refractivity contribution is -0.126. The summed E-state index contributed by atoms with van der Waals surface area (Å²) in [5, 5.41) is 5.87. The van der Waals surface area contributed by atoms with Crippen LogP contribution < -0.4 is 16.4 Å². The number of hydrogen-bond acceptors (Lipinski definition) is 5. The second-order valence-electron chi connectivity index (χ2n) is 5.67. The Morgan fingerprint density at radius 3 is 2.65 bits per heavy atom. The molecule has 0 spiro atoms. The maximum atomic E-state index is 12.4. The number of rotatable bonds is 5. The van der Waals surface area contributed by atoms with Gasteiger partial charge in [-0.2, -0.15) is 0 Å². The number of hydrogen-bond donors (Lipinski definition) is 3. The SMILES string of the molecule is Cl.NC[C@H]1CC[C@@H](C(=O)Nc2ccc(Cl)cc2NC(=O)c2ccco2)O1. The number of nitrogens with one attached hydrogen (secondary N) is 2. The standard InChI is InChI=1S/C17H18ClN3O4.ClH/c18-10-3-5-12(20-17(23)15-6-4-11(9-19)25-15)13(8-10)21-16(22)14-2-1-7-24-14;/h1-3,5,7-8,11,15H,4,6,9,19H2,(H,20,23)(H,21,22);1H/t11-,15+;/m1./s1. The maximum absolute atomic E-state index is 12.4. The van der Waals surface area contributed by atoms with Crippen LogP contribution in [0.25, 0.3) is 0 Å². The molecule has 0 unspecified atom stereocenters. The number of amides is 2. The Morgan fingerprint density at radius 1 is 1.19 bits per heavy atom. The summed E-state index contributed by atoms with van der Waals surface area (Å²) in [7, 11) is 0. The van der Waals surface area contributed by atoms with Crippen molar-refractivity contribution in [1.29, 1.82) is 0 Å². The minimum atomic E-state index is -0.558. The first-order valence-corrected chi connectivity index (χ1v) is 8.25. The van der Waals surface area contributed by atoms with Crippen molar-refractivity contribution in [2.45, 2.75) is 25.0 Å². The number of ether oxygens (including phenoxy) is 1. The van der Waals surface area contributed by atoms with E-state index in [1.54, 1.807) is 24.3 Å². The molecule has 0 aliphatic carbocycles. The van der Waals surface area contributed by atoms with Gasteiger partial charge in [0.1, 0.15) is 6.10 Å². The summed E-state index contributed by atoms with van der Waals surface area (Å²) in [6, 6.07) is 7.94. The molecule has 2 aromatic rings. The van der Waals surface area contributed by atoms with E-state index in [0.717, 1.165) is 6.42 Å². The zero-order valence-corrected chi connectivity index (χ0v) is 15.3. The number of halogens is 2. The Morgan fingerprint density at radius 2 is 2.00 bits per heavy atom. The van der Waals surface area contributed by atoms with Gasteiger partial charge in [-0.05, 0) is 43.2 Å². The first kappa shape index (κ1) is 20.3. The highest BCUT2D eigenvalue weighted by molar-refractivity contribution is 6.31. The Kier molecular flexibility index (Phi) is 7.05. The third kappa shape index (κ3) is 4.76. The first-order valence-electron chi connectivity index (χ1n) is 7.87. The zero-order valence-electron chi connectivity index (χ0n) is 13.7. The average Bonchev–Trinajstić information content (AvgIpc) is 3.28. The number of nitrogens with two attached hydrogens (primary N) is 1. The molecule has 1 fully saturated rings. The molecule has 2 amide bonds. The number of carbonyl (C=O) groups is 2. The van der Waals surface area contributed by atoms with Crippen molar-refractivity contribution in [3.05, 3.63) is 47.4 Å². The summed E-state index contributed by atoms with van der Waals surface area (Å²) in [5.41, 5.74) is 6.36. The van der Waals surface area contributed by atoms with Crippen molar-refractivity contribution in [1.82, 2.24) is 0 Å². The summed E-state index contributed by atoms with van der Waals surface area (Å²) in [6.07, 6.45) is 2.10. The predicted octanol–water partition coefficient (Wildman–Crippen LogP) is 3.05. The van der Waals surface area contributed by atoms with Gasteiger partial charge in [0, 0.05) is 11.6 Å². The van der Waals surface area contributed by atoms with Gasteiger partial charge in [0.25, 0.3) is 11.8 Å². The van der Waals surface area contributed by atoms with Crippen molar-refractivity contribution in [2.75, 3.05) is 17.2 Å².